The topological polar surface area (TPSA) is 61.0 Å². The van der Waals surface area contributed by atoms with Gasteiger partial charge in [0.05, 0.1) is 31.5 Å². The van der Waals surface area contributed by atoms with Gasteiger partial charge in [-0.25, -0.2) is 9.20 Å². The molecule has 0 saturated carbocycles. The van der Waals surface area contributed by atoms with E-state index in [9.17, 15) is 4.79 Å². The maximum Gasteiger partial charge on any atom is 0.352 e. The molecule has 26 heavy (non-hydrogen) atoms. The number of benzene rings is 1. The highest BCUT2D eigenvalue weighted by molar-refractivity contribution is 5.84. The van der Waals surface area contributed by atoms with Crippen molar-refractivity contribution in [2.75, 3.05) is 20.2 Å². The van der Waals surface area contributed by atoms with Crippen LogP contribution in [-0.4, -0.2) is 51.5 Å². The van der Waals surface area contributed by atoms with Gasteiger partial charge in [-0.15, -0.1) is 5.10 Å². The molecule has 2 aromatic heterocycles. The summed E-state index contributed by atoms with van der Waals surface area (Å²) in [6.07, 6.45) is 0.302. The van der Waals surface area contributed by atoms with Gasteiger partial charge in [-0.05, 0) is 49.9 Å². The van der Waals surface area contributed by atoms with Crippen molar-refractivity contribution in [3.8, 4) is 5.75 Å². The van der Waals surface area contributed by atoms with E-state index in [1.807, 2.05) is 25.1 Å². The zero-order valence-corrected chi connectivity index (χ0v) is 15.6. The fraction of sp³-hybridized carbons (Fsp3) is 0.474. The lowest BCUT2D eigenvalue weighted by Crippen LogP contribution is -2.47. The molecule has 1 aliphatic rings. The van der Waals surface area contributed by atoms with Crippen LogP contribution >= 0.6 is 0 Å². The van der Waals surface area contributed by atoms with Crippen molar-refractivity contribution in [1.82, 2.24) is 19.1 Å². The van der Waals surface area contributed by atoms with E-state index in [0.717, 1.165) is 35.3 Å². The summed E-state index contributed by atoms with van der Waals surface area (Å²) in [6.45, 7) is 8.13. The van der Waals surface area contributed by atoms with Gasteiger partial charge in [-0.3, -0.25) is 4.90 Å². The molecule has 1 aliphatic heterocycles. The van der Waals surface area contributed by atoms with E-state index in [4.69, 9.17) is 9.47 Å². The number of rotatable bonds is 3. The van der Waals surface area contributed by atoms with Crippen molar-refractivity contribution in [3.05, 3.63) is 40.3 Å². The molecule has 1 fully saturated rings. The Balaban J connectivity index is 1.82. The molecule has 1 aromatic carbocycles. The van der Waals surface area contributed by atoms with Crippen molar-refractivity contribution in [3.63, 3.8) is 0 Å². The quantitative estimate of drug-likeness (QED) is 0.719. The molecular weight excluding hydrogens is 332 g/mol. The highest BCUT2D eigenvalue weighted by Gasteiger charge is 2.23. The SMILES string of the molecule is COc1ccc2cc(C)c3nn(CN4C[C@@H](C)O[C@H](C)C4)c(=O)n3c2c1. The number of aromatic nitrogens is 3. The van der Waals surface area contributed by atoms with E-state index in [-0.39, 0.29) is 17.9 Å². The molecule has 0 unspecified atom stereocenters. The lowest BCUT2D eigenvalue weighted by molar-refractivity contribution is -0.0778. The molecule has 2 atom stereocenters. The highest BCUT2D eigenvalue weighted by atomic mass is 16.5. The number of ether oxygens (including phenoxy) is 2. The lowest BCUT2D eigenvalue weighted by atomic mass is 10.1. The highest BCUT2D eigenvalue weighted by Crippen LogP contribution is 2.23. The largest absolute Gasteiger partial charge is 0.497 e. The summed E-state index contributed by atoms with van der Waals surface area (Å²) in [6, 6.07) is 7.81. The second kappa shape index (κ2) is 6.41. The molecule has 7 heteroatoms. The summed E-state index contributed by atoms with van der Waals surface area (Å²) in [5.74, 6) is 0.720. The number of methoxy groups -OCH3 is 1. The van der Waals surface area contributed by atoms with Gasteiger partial charge in [0.25, 0.3) is 0 Å². The van der Waals surface area contributed by atoms with Crippen LogP contribution in [0.5, 0.6) is 5.75 Å². The minimum atomic E-state index is -0.131. The molecule has 3 heterocycles. The zero-order valence-electron chi connectivity index (χ0n) is 15.6. The zero-order chi connectivity index (χ0) is 18.4. The smallest absolute Gasteiger partial charge is 0.352 e. The summed E-state index contributed by atoms with van der Waals surface area (Å²) >= 11 is 0. The van der Waals surface area contributed by atoms with E-state index in [0.29, 0.717) is 12.3 Å². The van der Waals surface area contributed by atoms with Crippen LogP contribution in [0.3, 0.4) is 0 Å². The third-order valence-corrected chi connectivity index (χ3v) is 4.87. The van der Waals surface area contributed by atoms with Gasteiger partial charge < -0.3 is 9.47 Å². The van der Waals surface area contributed by atoms with Crippen LogP contribution in [0.25, 0.3) is 16.6 Å². The fourth-order valence-corrected chi connectivity index (χ4v) is 3.83. The summed E-state index contributed by atoms with van der Waals surface area (Å²) < 4.78 is 14.3. The first kappa shape index (κ1) is 17.1. The summed E-state index contributed by atoms with van der Waals surface area (Å²) in [4.78, 5) is 15.3. The van der Waals surface area contributed by atoms with E-state index < -0.39 is 0 Å². The van der Waals surface area contributed by atoms with E-state index in [1.165, 1.54) is 0 Å². The second-order valence-electron chi connectivity index (χ2n) is 7.13. The number of pyridine rings is 1. The minimum absolute atomic E-state index is 0.131. The van der Waals surface area contributed by atoms with Crippen LogP contribution < -0.4 is 10.4 Å². The van der Waals surface area contributed by atoms with Crippen molar-refractivity contribution in [2.45, 2.75) is 39.6 Å². The van der Waals surface area contributed by atoms with Gasteiger partial charge in [0.15, 0.2) is 5.65 Å². The van der Waals surface area contributed by atoms with Gasteiger partial charge in [0.2, 0.25) is 0 Å². The molecule has 138 valence electrons. The molecule has 7 nitrogen and oxygen atoms in total. The van der Waals surface area contributed by atoms with Gasteiger partial charge in [-0.1, -0.05) is 0 Å². The maximum absolute atomic E-state index is 13.1. The van der Waals surface area contributed by atoms with Crippen LogP contribution in [0.4, 0.5) is 0 Å². The summed E-state index contributed by atoms with van der Waals surface area (Å²) in [5, 5.41) is 5.60. The Morgan fingerprint density at radius 3 is 2.65 bits per heavy atom. The molecule has 0 aliphatic carbocycles. The maximum atomic E-state index is 13.1. The Kier molecular flexibility index (Phi) is 4.20. The molecule has 0 amide bonds. The Morgan fingerprint density at radius 1 is 1.23 bits per heavy atom. The standard InChI is InChI=1S/C19H24N4O3/c1-12-7-15-5-6-16(25-4)8-17(15)23-18(12)20-22(19(23)24)11-21-9-13(2)26-14(3)10-21/h5-8,13-14H,9-11H2,1-4H3/t13-,14-/m1/s1. The first-order chi connectivity index (χ1) is 12.5. The van der Waals surface area contributed by atoms with E-state index in [1.54, 1.807) is 16.2 Å². The Bertz CT molecular complexity index is 1010. The number of morpholine rings is 1. The molecule has 0 N–H and O–H groups in total. The first-order valence-corrected chi connectivity index (χ1v) is 8.91. The van der Waals surface area contributed by atoms with Crippen LogP contribution in [0.15, 0.2) is 29.1 Å². The number of nitrogens with zero attached hydrogens (tertiary/aromatic N) is 4. The molecule has 3 aromatic rings. The van der Waals surface area contributed by atoms with Crippen LogP contribution in [0.1, 0.15) is 19.4 Å². The monoisotopic (exact) mass is 356 g/mol. The average Bonchev–Trinajstić information content (AvgIpc) is 2.91. The average molecular weight is 356 g/mol. The fourth-order valence-electron chi connectivity index (χ4n) is 3.83. The normalized spacial score (nSPS) is 21.5. The van der Waals surface area contributed by atoms with Crippen molar-refractivity contribution in [2.24, 2.45) is 0 Å². The Labute approximate surface area is 151 Å². The van der Waals surface area contributed by atoms with Gasteiger partial charge in [0.1, 0.15) is 5.75 Å². The van der Waals surface area contributed by atoms with Gasteiger partial charge in [0, 0.05) is 19.2 Å². The van der Waals surface area contributed by atoms with Gasteiger partial charge >= 0.3 is 5.69 Å². The minimum Gasteiger partial charge on any atom is -0.497 e. The van der Waals surface area contributed by atoms with E-state index in [2.05, 4.69) is 29.9 Å². The van der Waals surface area contributed by atoms with Crippen LogP contribution in [-0.2, 0) is 11.4 Å². The van der Waals surface area contributed by atoms with Crippen molar-refractivity contribution >= 4 is 16.6 Å². The number of hydrogen-bond acceptors (Lipinski definition) is 5. The molecular formula is C19H24N4O3. The van der Waals surface area contributed by atoms with Crippen LogP contribution in [0, 0.1) is 6.92 Å². The summed E-state index contributed by atoms with van der Waals surface area (Å²) in [7, 11) is 1.62. The van der Waals surface area contributed by atoms with Gasteiger partial charge in [-0.2, -0.15) is 4.68 Å². The molecule has 4 rings (SSSR count). The molecule has 0 bridgehead atoms. The third kappa shape index (κ3) is 2.87. The predicted molar refractivity (Wildman–Crippen MR) is 99.8 cm³/mol. The van der Waals surface area contributed by atoms with Crippen molar-refractivity contribution < 1.29 is 9.47 Å². The summed E-state index contributed by atoms with van der Waals surface area (Å²) in [5.41, 5.74) is 2.34. The van der Waals surface area contributed by atoms with Crippen LogP contribution in [0.2, 0.25) is 0 Å². The predicted octanol–water partition coefficient (Wildman–Crippen LogP) is 2.03. The Morgan fingerprint density at radius 2 is 1.96 bits per heavy atom. The number of aryl methyl sites for hydroxylation is 1. The molecule has 0 radical (unpaired) electrons. The third-order valence-electron chi connectivity index (χ3n) is 4.87. The number of hydrogen-bond donors (Lipinski definition) is 0. The Hall–Kier alpha value is -2.38. The molecule has 0 spiro atoms. The first-order valence-electron chi connectivity index (χ1n) is 8.91. The second-order valence-corrected chi connectivity index (χ2v) is 7.13. The van der Waals surface area contributed by atoms with E-state index >= 15 is 0 Å². The van der Waals surface area contributed by atoms with Crippen molar-refractivity contribution in [1.29, 1.82) is 0 Å². The lowest BCUT2D eigenvalue weighted by Gasteiger charge is -2.34. The molecule has 1 saturated heterocycles. The number of fused-ring (bicyclic) bond motifs is 3.